The van der Waals surface area contributed by atoms with Crippen molar-refractivity contribution in [1.29, 1.82) is 0 Å². The van der Waals surface area contributed by atoms with Crippen molar-refractivity contribution in [2.24, 2.45) is 0 Å². The molecule has 1 aromatic rings. The van der Waals surface area contributed by atoms with Crippen LogP contribution >= 0.6 is 0 Å². The zero-order valence-corrected chi connectivity index (χ0v) is 9.44. The van der Waals surface area contributed by atoms with Crippen molar-refractivity contribution in [2.45, 2.75) is 13.0 Å². The van der Waals surface area contributed by atoms with E-state index in [-0.39, 0.29) is 12.2 Å². The molecule has 0 saturated carbocycles. The quantitative estimate of drug-likeness (QED) is 0.534. The number of aromatic nitrogens is 2. The molecule has 1 aromatic heterocycles. The van der Waals surface area contributed by atoms with E-state index in [0.29, 0.717) is 13.0 Å². The van der Waals surface area contributed by atoms with Crippen LogP contribution in [0.3, 0.4) is 0 Å². The molecular formula is C10H18N4O2. The number of nitrogens with one attached hydrogen (secondary N) is 2. The Bertz CT molecular complexity index is 364. The standard InChI is InChI=1S/C10H18N4O2/c1-11-3-4-12-9-7-10(16)14(13-8-9)5-2-6-15/h7-8,11-12,15H,2-6H2,1H3. The van der Waals surface area contributed by atoms with E-state index in [1.54, 1.807) is 6.20 Å². The summed E-state index contributed by atoms with van der Waals surface area (Å²) >= 11 is 0. The predicted molar refractivity (Wildman–Crippen MR) is 62.6 cm³/mol. The molecule has 0 unspecified atom stereocenters. The lowest BCUT2D eigenvalue weighted by molar-refractivity contribution is 0.275. The van der Waals surface area contributed by atoms with Crippen LogP contribution in [0.2, 0.25) is 0 Å². The number of aliphatic hydroxyl groups is 1. The van der Waals surface area contributed by atoms with Crippen molar-refractivity contribution < 1.29 is 5.11 Å². The first kappa shape index (κ1) is 12.7. The molecule has 0 radical (unpaired) electrons. The highest BCUT2D eigenvalue weighted by Crippen LogP contribution is 1.98. The maximum Gasteiger partial charge on any atom is 0.268 e. The molecule has 0 saturated heterocycles. The van der Waals surface area contributed by atoms with Gasteiger partial charge in [-0.3, -0.25) is 4.79 Å². The fourth-order valence-corrected chi connectivity index (χ4v) is 1.25. The van der Waals surface area contributed by atoms with Crippen LogP contribution < -0.4 is 16.2 Å². The molecular weight excluding hydrogens is 208 g/mol. The average Bonchev–Trinajstić information content (AvgIpc) is 2.28. The maximum absolute atomic E-state index is 11.5. The van der Waals surface area contributed by atoms with Gasteiger partial charge >= 0.3 is 0 Å². The number of hydrogen-bond donors (Lipinski definition) is 3. The molecule has 0 aromatic carbocycles. The zero-order chi connectivity index (χ0) is 11.8. The van der Waals surface area contributed by atoms with Gasteiger partial charge in [-0.05, 0) is 13.5 Å². The molecule has 1 rings (SSSR count). The Morgan fingerprint density at radius 1 is 1.50 bits per heavy atom. The van der Waals surface area contributed by atoms with Crippen molar-refractivity contribution in [3.63, 3.8) is 0 Å². The van der Waals surface area contributed by atoms with Crippen LogP contribution in [0.4, 0.5) is 5.69 Å². The van der Waals surface area contributed by atoms with Crippen molar-refractivity contribution in [3.8, 4) is 0 Å². The minimum absolute atomic E-state index is 0.0658. The Labute approximate surface area is 94.3 Å². The summed E-state index contributed by atoms with van der Waals surface area (Å²) in [5, 5.41) is 18.7. The van der Waals surface area contributed by atoms with Gasteiger partial charge in [0.15, 0.2) is 0 Å². The molecule has 16 heavy (non-hydrogen) atoms. The molecule has 0 amide bonds. The van der Waals surface area contributed by atoms with E-state index in [1.807, 2.05) is 7.05 Å². The highest BCUT2D eigenvalue weighted by molar-refractivity contribution is 5.38. The number of hydrogen-bond acceptors (Lipinski definition) is 5. The smallest absolute Gasteiger partial charge is 0.268 e. The number of nitrogens with zero attached hydrogens (tertiary/aromatic N) is 2. The van der Waals surface area contributed by atoms with E-state index in [0.717, 1.165) is 18.8 Å². The third-order valence-corrected chi connectivity index (χ3v) is 2.10. The minimum Gasteiger partial charge on any atom is -0.396 e. The zero-order valence-electron chi connectivity index (χ0n) is 9.44. The minimum atomic E-state index is -0.150. The van der Waals surface area contributed by atoms with Gasteiger partial charge in [0.2, 0.25) is 0 Å². The summed E-state index contributed by atoms with van der Waals surface area (Å²) in [6, 6.07) is 1.51. The lowest BCUT2D eigenvalue weighted by Crippen LogP contribution is -2.24. The highest BCUT2D eigenvalue weighted by Gasteiger charge is 1.99. The van der Waals surface area contributed by atoms with Gasteiger partial charge in [-0.1, -0.05) is 0 Å². The van der Waals surface area contributed by atoms with Gasteiger partial charge < -0.3 is 15.7 Å². The molecule has 6 nitrogen and oxygen atoms in total. The van der Waals surface area contributed by atoms with Crippen LogP contribution in [-0.2, 0) is 6.54 Å². The fourth-order valence-electron chi connectivity index (χ4n) is 1.25. The van der Waals surface area contributed by atoms with Gasteiger partial charge in [-0.2, -0.15) is 5.10 Å². The van der Waals surface area contributed by atoms with Crippen LogP contribution in [0.25, 0.3) is 0 Å². The molecule has 0 spiro atoms. The number of anilines is 1. The van der Waals surface area contributed by atoms with Gasteiger partial charge in [0, 0.05) is 32.3 Å². The number of rotatable bonds is 7. The van der Waals surface area contributed by atoms with E-state index in [9.17, 15) is 4.79 Å². The van der Waals surface area contributed by atoms with Gasteiger partial charge in [0.25, 0.3) is 5.56 Å². The lowest BCUT2D eigenvalue weighted by atomic mass is 10.4. The SMILES string of the molecule is CNCCNc1cnn(CCCO)c(=O)c1. The summed E-state index contributed by atoms with van der Waals surface area (Å²) in [5.74, 6) is 0. The van der Waals surface area contributed by atoms with Gasteiger partial charge in [-0.25, -0.2) is 4.68 Å². The van der Waals surface area contributed by atoms with E-state index in [4.69, 9.17) is 5.11 Å². The third-order valence-electron chi connectivity index (χ3n) is 2.10. The average molecular weight is 226 g/mol. The summed E-state index contributed by atoms with van der Waals surface area (Å²) in [5.41, 5.74) is 0.573. The summed E-state index contributed by atoms with van der Waals surface area (Å²) in [6.07, 6.45) is 2.16. The van der Waals surface area contributed by atoms with Crippen LogP contribution in [0.5, 0.6) is 0 Å². The number of aryl methyl sites for hydroxylation is 1. The fraction of sp³-hybridized carbons (Fsp3) is 0.600. The summed E-state index contributed by atoms with van der Waals surface area (Å²) in [6.45, 7) is 2.09. The van der Waals surface area contributed by atoms with Crippen LogP contribution in [0.1, 0.15) is 6.42 Å². The second-order valence-electron chi connectivity index (χ2n) is 3.41. The Morgan fingerprint density at radius 2 is 2.31 bits per heavy atom. The molecule has 0 atom stereocenters. The van der Waals surface area contributed by atoms with E-state index in [2.05, 4.69) is 15.7 Å². The highest BCUT2D eigenvalue weighted by atomic mass is 16.3. The molecule has 3 N–H and O–H groups in total. The first-order valence-corrected chi connectivity index (χ1v) is 5.34. The van der Waals surface area contributed by atoms with Crippen molar-refractivity contribution >= 4 is 5.69 Å². The van der Waals surface area contributed by atoms with Crippen LogP contribution in [-0.4, -0.2) is 41.6 Å². The molecule has 0 bridgehead atoms. The first-order valence-electron chi connectivity index (χ1n) is 5.34. The molecule has 90 valence electrons. The van der Waals surface area contributed by atoms with Crippen LogP contribution in [0.15, 0.2) is 17.1 Å². The van der Waals surface area contributed by atoms with Crippen molar-refractivity contribution in [2.75, 3.05) is 32.1 Å². The summed E-state index contributed by atoms with van der Waals surface area (Å²) < 4.78 is 1.35. The largest absolute Gasteiger partial charge is 0.396 e. The third kappa shape index (κ3) is 4.00. The van der Waals surface area contributed by atoms with Crippen LogP contribution in [0, 0.1) is 0 Å². The molecule has 6 heteroatoms. The predicted octanol–water partition coefficient (Wildman–Crippen LogP) is -0.743. The summed E-state index contributed by atoms with van der Waals surface area (Å²) in [4.78, 5) is 11.5. The molecule has 0 fully saturated rings. The van der Waals surface area contributed by atoms with Crippen molar-refractivity contribution in [3.05, 3.63) is 22.6 Å². The Balaban J connectivity index is 2.56. The Morgan fingerprint density at radius 3 is 2.94 bits per heavy atom. The topological polar surface area (TPSA) is 79.2 Å². The first-order chi connectivity index (χ1) is 7.77. The molecule has 1 heterocycles. The second kappa shape index (κ2) is 6.97. The monoisotopic (exact) mass is 226 g/mol. The second-order valence-corrected chi connectivity index (χ2v) is 3.41. The Hall–Kier alpha value is -1.40. The number of aliphatic hydroxyl groups excluding tert-OH is 1. The lowest BCUT2D eigenvalue weighted by Gasteiger charge is -2.07. The van der Waals surface area contributed by atoms with Gasteiger partial charge in [0.05, 0.1) is 11.9 Å². The molecule has 0 aliphatic carbocycles. The number of likely N-dealkylation sites (N-methyl/N-ethyl adjacent to an activating group) is 1. The molecule has 0 aliphatic heterocycles. The van der Waals surface area contributed by atoms with E-state index >= 15 is 0 Å². The van der Waals surface area contributed by atoms with E-state index < -0.39 is 0 Å². The maximum atomic E-state index is 11.5. The summed E-state index contributed by atoms with van der Waals surface area (Å²) in [7, 11) is 1.87. The normalized spacial score (nSPS) is 10.4. The Kier molecular flexibility index (Phi) is 5.52. The molecule has 0 aliphatic rings. The van der Waals surface area contributed by atoms with Crippen molar-refractivity contribution in [1.82, 2.24) is 15.1 Å². The van der Waals surface area contributed by atoms with Gasteiger partial charge in [-0.15, -0.1) is 0 Å². The van der Waals surface area contributed by atoms with E-state index in [1.165, 1.54) is 10.7 Å². The van der Waals surface area contributed by atoms with Gasteiger partial charge in [0.1, 0.15) is 0 Å².